The van der Waals surface area contributed by atoms with Gasteiger partial charge < -0.3 is 4.90 Å². The van der Waals surface area contributed by atoms with Crippen molar-refractivity contribution in [1.82, 2.24) is 0 Å². The fourth-order valence-electron chi connectivity index (χ4n) is 6.93. The van der Waals surface area contributed by atoms with E-state index in [0.29, 0.717) is 22.4 Å². The summed E-state index contributed by atoms with van der Waals surface area (Å²) in [6.07, 6.45) is 3.36. The van der Waals surface area contributed by atoms with Crippen molar-refractivity contribution in [3.8, 4) is 0 Å². The number of rotatable bonds is 4. The van der Waals surface area contributed by atoms with E-state index in [1.165, 1.54) is 30.3 Å². The molecule has 0 bridgehead atoms. The molecule has 0 saturated carbocycles. The van der Waals surface area contributed by atoms with E-state index in [4.69, 9.17) is 0 Å². The molecule has 0 N–H and O–H groups in total. The van der Waals surface area contributed by atoms with Crippen molar-refractivity contribution in [3.63, 3.8) is 0 Å². The summed E-state index contributed by atoms with van der Waals surface area (Å²) in [5, 5.41) is 11.8. The highest BCUT2D eigenvalue weighted by molar-refractivity contribution is 6.32. The van der Waals surface area contributed by atoms with Crippen LogP contribution >= 0.6 is 0 Å². The number of hydrogen-bond donors (Lipinski definition) is 0. The van der Waals surface area contributed by atoms with Crippen molar-refractivity contribution in [1.29, 1.82) is 0 Å². The van der Waals surface area contributed by atoms with Gasteiger partial charge in [-0.25, -0.2) is 4.39 Å². The van der Waals surface area contributed by atoms with Crippen LogP contribution in [0.15, 0.2) is 103 Å². The van der Waals surface area contributed by atoms with E-state index in [9.17, 15) is 28.9 Å². The van der Waals surface area contributed by atoms with E-state index in [1.807, 2.05) is 0 Å². The van der Waals surface area contributed by atoms with Crippen molar-refractivity contribution >= 4 is 34.8 Å². The van der Waals surface area contributed by atoms with Gasteiger partial charge in [-0.1, -0.05) is 78.9 Å². The highest BCUT2D eigenvalue weighted by atomic mass is 19.1. The molecule has 1 aliphatic carbocycles. The predicted octanol–water partition coefficient (Wildman–Crippen LogP) is 6.05. The second kappa shape index (κ2) is 8.89. The SMILES string of the molecule is O=C(c1ccccc1)[C@@H]1[C@@H](c2cccc([N+](=O)[O-])c2)C2(C(=O)c3ccccc3C2=O)C2C=Cc3cc(F)ccc3N21. The maximum Gasteiger partial charge on any atom is 0.269 e. The minimum Gasteiger partial charge on any atom is -0.352 e. The van der Waals surface area contributed by atoms with E-state index in [-0.39, 0.29) is 22.6 Å². The zero-order valence-electron chi connectivity index (χ0n) is 21.4. The lowest BCUT2D eigenvalue weighted by molar-refractivity contribution is -0.384. The fraction of sp³-hybridized carbons (Fsp3) is 0.121. The van der Waals surface area contributed by atoms with Gasteiger partial charge in [0.1, 0.15) is 17.3 Å². The van der Waals surface area contributed by atoms with Gasteiger partial charge in [0.05, 0.1) is 11.0 Å². The molecule has 3 atom stereocenters. The number of nitro benzene ring substituents is 1. The molecule has 0 aromatic heterocycles. The summed E-state index contributed by atoms with van der Waals surface area (Å²) in [4.78, 5) is 56.7. The molecule has 7 nitrogen and oxygen atoms in total. The third-order valence-corrected chi connectivity index (χ3v) is 8.53. The van der Waals surface area contributed by atoms with Crippen molar-refractivity contribution in [2.45, 2.75) is 18.0 Å². The Balaban J connectivity index is 1.57. The first-order chi connectivity index (χ1) is 19.8. The number of Topliss-reactive ketones (excluding diaryl/α,β-unsaturated/α-hetero) is 3. The molecule has 2 heterocycles. The van der Waals surface area contributed by atoms with Crippen LogP contribution in [0, 0.1) is 21.3 Å². The van der Waals surface area contributed by atoms with E-state index in [0.717, 1.165) is 0 Å². The van der Waals surface area contributed by atoms with Crippen LogP contribution in [-0.4, -0.2) is 34.4 Å². The molecule has 7 rings (SSSR count). The summed E-state index contributed by atoms with van der Waals surface area (Å²) in [5.74, 6) is -2.80. The Labute approximate surface area is 233 Å². The summed E-state index contributed by atoms with van der Waals surface area (Å²) in [6.45, 7) is 0. The Morgan fingerprint density at radius 1 is 0.854 bits per heavy atom. The number of nitro groups is 1. The summed E-state index contributed by atoms with van der Waals surface area (Å²) in [7, 11) is 0. The van der Waals surface area contributed by atoms with Crippen LogP contribution in [0.3, 0.4) is 0 Å². The molecule has 41 heavy (non-hydrogen) atoms. The van der Waals surface area contributed by atoms with Crippen LogP contribution in [0.1, 0.15) is 48.1 Å². The van der Waals surface area contributed by atoms with Crippen LogP contribution < -0.4 is 4.90 Å². The number of ketones is 3. The third kappa shape index (κ3) is 3.34. The van der Waals surface area contributed by atoms with Gasteiger partial charge in [0.15, 0.2) is 17.3 Å². The van der Waals surface area contributed by atoms with Gasteiger partial charge in [-0.3, -0.25) is 24.5 Å². The predicted molar refractivity (Wildman–Crippen MR) is 150 cm³/mol. The normalized spacial score (nSPS) is 21.5. The van der Waals surface area contributed by atoms with Crippen LogP contribution in [-0.2, 0) is 0 Å². The number of anilines is 1. The smallest absolute Gasteiger partial charge is 0.269 e. The Morgan fingerprint density at radius 3 is 2.22 bits per heavy atom. The van der Waals surface area contributed by atoms with Crippen molar-refractivity contribution in [3.05, 3.63) is 147 Å². The molecule has 2 aliphatic heterocycles. The Kier molecular flexibility index (Phi) is 5.37. The van der Waals surface area contributed by atoms with Crippen LogP contribution in [0.4, 0.5) is 15.8 Å². The quantitative estimate of drug-likeness (QED) is 0.134. The lowest BCUT2D eigenvalue weighted by Gasteiger charge is -2.37. The molecule has 1 fully saturated rings. The van der Waals surface area contributed by atoms with Crippen LogP contribution in [0.25, 0.3) is 6.08 Å². The number of hydrogen-bond acceptors (Lipinski definition) is 6. The highest BCUT2D eigenvalue weighted by Gasteiger charge is 2.71. The van der Waals surface area contributed by atoms with Crippen LogP contribution in [0.2, 0.25) is 0 Å². The number of non-ortho nitro benzene ring substituents is 1. The fourth-order valence-corrected chi connectivity index (χ4v) is 6.93. The Hall–Kier alpha value is -5.24. The van der Waals surface area contributed by atoms with E-state index in [1.54, 1.807) is 83.8 Å². The summed E-state index contributed by atoms with van der Waals surface area (Å²) >= 11 is 0. The second-order valence-corrected chi connectivity index (χ2v) is 10.5. The summed E-state index contributed by atoms with van der Waals surface area (Å²) in [6, 6.07) is 23.0. The van der Waals surface area contributed by atoms with Gasteiger partial charge in [-0.15, -0.1) is 0 Å². The largest absolute Gasteiger partial charge is 0.352 e. The Morgan fingerprint density at radius 2 is 1.54 bits per heavy atom. The van der Waals surface area contributed by atoms with Crippen LogP contribution in [0.5, 0.6) is 0 Å². The van der Waals surface area contributed by atoms with Crippen molar-refractivity contribution in [2.24, 2.45) is 5.41 Å². The minimum atomic E-state index is -1.80. The zero-order chi connectivity index (χ0) is 28.5. The van der Waals surface area contributed by atoms with E-state index < -0.39 is 45.7 Å². The average Bonchev–Trinajstić information content (AvgIpc) is 3.43. The number of carbonyl (C=O) groups excluding carboxylic acids is 3. The summed E-state index contributed by atoms with van der Waals surface area (Å²) < 4.78 is 14.3. The lowest BCUT2D eigenvalue weighted by Crippen LogP contribution is -2.48. The molecule has 0 radical (unpaired) electrons. The van der Waals surface area contributed by atoms with Gasteiger partial charge in [-0.2, -0.15) is 0 Å². The van der Waals surface area contributed by atoms with Gasteiger partial charge in [0.25, 0.3) is 5.69 Å². The molecule has 0 amide bonds. The second-order valence-electron chi connectivity index (χ2n) is 10.5. The zero-order valence-corrected chi connectivity index (χ0v) is 21.4. The molecule has 4 aromatic rings. The number of carbonyl (C=O) groups is 3. The molecule has 1 saturated heterocycles. The molecule has 4 aromatic carbocycles. The highest BCUT2D eigenvalue weighted by Crippen LogP contribution is 2.61. The van der Waals surface area contributed by atoms with Crippen molar-refractivity contribution < 1.29 is 23.7 Å². The number of fused-ring (bicyclic) bond motifs is 5. The number of benzene rings is 4. The molecule has 3 aliphatic rings. The first-order valence-corrected chi connectivity index (χ1v) is 13.1. The van der Waals surface area contributed by atoms with Gasteiger partial charge in [0, 0.05) is 46.0 Å². The van der Waals surface area contributed by atoms with Gasteiger partial charge in [0.2, 0.25) is 0 Å². The van der Waals surface area contributed by atoms with E-state index >= 15 is 0 Å². The molecular weight excluding hydrogens is 523 g/mol. The van der Waals surface area contributed by atoms with Crippen molar-refractivity contribution in [2.75, 3.05) is 4.90 Å². The maximum absolute atomic E-state index is 14.6. The maximum atomic E-state index is 14.6. The standard InChI is InChI=1S/C33H21FN2O5/c34-22-14-15-26-20(17-22)13-16-27-33(31(38)24-11-4-5-12-25(24)32(33)39)28(21-9-6-10-23(18-21)36(40)41)29(35(26)27)30(37)19-7-2-1-3-8-19/h1-18,27-29H/t27?,28-,29+/m1/s1. The van der Waals surface area contributed by atoms with Gasteiger partial charge >= 0.3 is 0 Å². The monoisotopic (exact) mass is 544 g/mol. The molecule has 200 valence electrons. The minimum absolute atomic E-state index is 0.221. The number of nitrogens with zero attached hydrogens (tertiary/aromatic N) is 2. The Bertz CT molecular complexity index is 1800. The van der Waals surface area contributed by atoms with Gasteiger partial charge in [-0.05, 0) is 23.8 Å². The first-order valence-electron chi connectivity index (χ1n) is 13.1. The summed E-state index contributed by atoms with van der Waals surface area (Å²) in [5.41, 5.74) is 0.164. The van der Waals surface area contributed by atoms with E-state index in [2.05, 4.69) is 0 Å². The molecule has 8 heteroatoms. The topological polar surface area (TPSA) is 97.6 Å². The third-order valence-electron chi connectivity index (χ3n) is 8.53. The number of halogens is 1. The first kappa shape index (κ1) is 24.8. The molecular formula is C33H21FN2O5. The molecule has 1 spiro atoms. The molecule has 1 unspecified atom stereocenters. The average molecular weight is 545 g/mol. The lowest BCUT2D eigenvalue weighted by atomic mass is 9.64.